The number of methoxy groups -OCH3 is 2. The van der Waals surface area contributed by atoms with Crippen LogP contribution in [0, 0.1) is 0 Å². The summed E-state index contributed by atoms with van der Waals surface area (Å²) in [5.41, 5.74) is 1.21. The SMILES string of the molecule is C=CC(=O)Nc1ccc(O)c(C(=O)N(C)Cc2cc(OC)ccc2OC)c1. The molecule has 0 radical (unpaired) electrons. The van der Waals surface area contributed by atoms with E-state index in [1.807, 2.05) is 0 Å². The predicted molar refractivity (Wildman–Crippen MR) is 102 cm³/mol. The van der Waals surface area contributed by atoms with Crippen LogP contribution >= 0.6 is 0 Å². The number of nitrogens with one attached hydrogen (secondary N) is 1. The number of benzene rings is 2. The largest absolute Gasteiger partial charge is 0.507 e. The molecule has 0 saturated heterocycles. The number of phenolic OH excluding ortho intramolecular Hbond substituents is 1. The lowest BCUT2D eigenvalue weighted by Gasteiger charge is -2.20. The fourth-order valence-corrected chi connectivity index (χ4v) is 2.52. The van der Waals surface area contributed by atoms with Crippen molar-refractivity contribution in [1.29, 1.82) is 0 Å². The van der Waals surface area contributed by atoms with Crippen molar-refractivity contribution in [2.45, 2.75) is 6.54 Å². The lowest BCUT2D eigenvalue weighted by Crippen LogP contribution is -2.26. The third-order valence-corrected chi connectivity index (χ3v) is 3.92. The highest BCUT2D eigenvalue weighted by atomic mass is 16.5. The molecular weight excluding hydrogens is 348 g/mol. The van der Waals surface area contributed by atoms with Crippen molar-refractivity contribution in [1.82, 2.24) is 4.90 Å². The molecule has 2 amide bonds. The number of amides is 2. The van der Waals surface area contributed by atoms with E-state index in [1.165, 1.54) is 23.1 Å². The Kier molecular flexibility index (Phi) is 6.43. The van der Waals surface area contributed by atoms with Crippen LogP contribution < -0.4 is 14.8 Å². The first-order valence-electron chi connectivity index (χ1n) is 8.12. The topological polar surface area (TPSA) is 88.1 Å². The summed E-state index contributed by atoms with van der Waals surface area (Å²) in [5, 5.41) is 12.6. The number of rotatable bonds is 7. The fourth-order valence-electron chi connectivity index (χ4n) is 2.52. The normalized spacial score (nSPS) is 10.0. The van der Waals surface area contributed by atoms with Gasteiger partial charge in [-0.3, -0.25) is 9.59 Å². The Morgan fingerprint density at radius 2 is 1.93 bits per heavy atom. The van der Waals surface area contributed by atoms with Crippen molar-refractivity contribution in [2.24, 2.45) is 0 Å². The van der Waals surface area contributed by atoms with E-state index in [-0.39, 0.29) is 17.9 Å². The molecule has 142 valence electrons. The molecule has 0 saturated carbocycles. The van der Waals surface area contributed by atoms with Gasteiger partial charge in [-0.1, -0.05) is 6.58 Å². The number of nitrogens with zero attached hydrogens (tertiary/aromatic N) is 1. The molecule has 7 heteroatoms. The van der Waals surface area contributed by atoms with E-state index in [0.29, 0.717) is 17.2 Å². The van der Waals surface area contributed by atoms with Gasteiger partial charge in [-0.15, -0.1) is 0 Å². The average molecular weight is 370 g/mol. The number of carbonyl (C=O) groups excluding carboxylic acids is 2. The Morgan fingerprint density at radius 3 is 2.56 bits per heavy atom. The smallest absolute Gasteiger partial charge is 0.257 e. The van der Waals surface area contributed by atoms with Crippen molar-refractivity contribution in [3.63, 3.8) is 0 Å². The first kappa shape index (κ1) is 19.8. The lowest BCUT2D eigenvalue weighted by atomic mass is 10.1. The van der Waals surface area contributed by atoms with Gasteiger partial charge in [0.2, 0.25) is 5.91 Å². The maximum absolute atomic E-state index is 12.8. The molecule has 0 heterocycles. The number of aromatic hydroxyl groups is 1. The summed E-state index contributed by atoms with van der Waals surface area (Å²) in [6.45, 7) is 3.62. The zero-order valence-corrected chi connectivity index (χ0v) is 15.5. The molecule has 0 aromatic heterocycles. The summed E-state index contributed by atoms with van der Waals surface area (Å²) in [6.07, 6.45) is 1.12. The van der Waals surface area contributed by atoms with Crippen molar-refractivity contribution in [3.05, 3.63) is 60.2 Å². The van der Waals surface area contributed by atoms with Gasteiger partial charge in [0.25, 0.3) is 5.91 Å². The van der Waals surface area contributed by atoms with Crippen LogP contribution in [-0.4, -0.2) is 43.1 Å². The van der Waals surface area contributed by atoms with E-state index in [2.05, 4.69) is 11.9 Å². The highest BCUT2D eigenvalue weighted by Crippen LogP contribution is 2.27. The van der Waals surface area contributed by atoms with Crippen LogP contribution in [0.25, 0.3) is 0 Å². The molecule has 0 fully saturated rings. The summed E-state index contributed by atoms with van der Waals surface area (Å²) in [4.78, 5) is 25.7. The summed E-state index contributed by atoms with van der Waals surface area (Å²) < 4.78 is 10.5. The number of ether oxygens (including phenoxy) is 2. The molecule has 2 aromatic carbocycles. The standard InChI is InChI=1S/C20H22N2O5/c1-5-19(24)21-14-6-8-17(23)16(11-14)20(25)22(2)12-13-10-15(26-3)7-9-18(13)27-4/h5-11,23H,1,12H2,2-4H3,(H,21,24). The second-order valence-electron chi connectivity index (χ2n) is 5.76. The molecule has 0 bridgehead atoms. The summed E-state index contributed by atoms with van der Waals surface area (Å²) in [6, 6.07) is 9.57. The maximum Gasteiger partial charge on any atom is 0.257 e. The van der Waals surface area contributed by atoms with Gasteiger partial charge in [0, 0.05) is 24.8 Å². The van der Waals surface area contributed by atoms with Crippen LogP contribution in [0.1, 0.15) is 15.9 Å². The molecule has 0 unspecified atom stereocenters. The van der Waals surface area contributed by atoms with E-state index < -0.39 is 11.8 Å². The highest BCUT2D eigenvalue weighted by molar-refractivity contribution is 6.01. The summed E-state index contributed by atoms with van der Waals surface area (Å²) in [7, 11) is 4.71. The number of phenols is 1. The molecule has 0 aliphatic carbocycles. The van der Waals surface area contributed by atoms with Gasteiger partial charge in [0.15, 0.2) is 0 Å². The van der Waals surface area contributed by atoms with E-state index in [0.717, 1.165) is 11.6 Å². The molecule has 2 aromatic rings. The van der Waals surface area contributed by atoms with Crippen molar-refractivity contribution in [2.75, 3.05) is 26.6 Å². The molecule has 2 N–H and O–H groups in total. The summed E-state index contributed by atoms with van der Waals surface area (Å²) >= 11 is 0. The third kappa shape index (κ3) is 4.78. The van der Waals surface area contributed by atoms with Crippen LogP contribution in [0.3, 0.4) is 0 Å². The molecule has 0 aliphatic rings. The highest BCUT2D eigenvalue weighted by Gasteiger charge is 2.19. The number of anilines is 1. The van der Waals surface area contributed by atoms with Crippen LogP contribution in [-0.2, 0) is 11.3 Å². The van der Waals surface area contributed by atoms with E-state index >= 15 is 0 Å². The Balaban J connectivity index is 2.26. The van der Waals surface area contributed by atoms with Crippen LogP contribution in [0.4, 0.5) is 5.69 Å². The fraction of sp³-hybridized carbons (Fsp3) is 0.200. The van der Waals surface area contributed by atoms with E-state index in [9.17, 15) is 14.7 Å². The lowest BCUT2D eigenvalue weighted by molar-refractivity contribution is -0.111. The average Bonchev–Trinajstić information content (AvgIpc) is 2.68. The van der Waals surface area contributed by atoms with Gasteiger partial charge in [0.1, 0.15) is 17.2 Å². The van der Waals surface area contributed by atoms with Gasteiger partial charge >= 0.3 is 0 Å². The van der Waals surface area contributed by atoms with Crippen LogP contribution in [0.15, 0.2) is 49.1 Å². The van der Waals surface area contributed by atoms with Gasteiger partial charge in [-0.05, 0) is 42.5 Å². The van der Waals surface area contributed by atoms with Crippen molar-refractivity contribution < 1.29 is 24.2 Å². The zero-order valence-electron chi connectivity index (χ0n) is 15.5. The summed E-state index contributed by atoms with van der Waals surface area (Å²) in [5.74, 6) is 0.261. The van der Waals surface area contributed by atoms with Gasteiger partial charge < -0.3 is 24.8 Å². The van der Waals surface area contributed by atoms with Crippen LogP contribution in [0.5, 0.6) is 17.2 Å². The minimum atomic E-state index is -0.410. The Hall–Kier alpha value is -3.48. The second kappa shape index (κ2) is 8.75. The minimum absolute atomic E-state index is 0.0706. The molecular formula is C20H22N2O5. The van der Waals surface area contributed by atoms with Crippen LogP contribution in [0.2, 0.25) is 0 Å². The van der Waals surface area contributed by atoms with Crippen molar-refractivity contribution >= 4 is 17.5 Å². The Morgan fingerprint density at radius 1 is 1.19 bits per heavy atom. The maximum atomic E-state index is 12.8. The third-order valence-electron chi connectivity index (χ3n) is 3.92. The molecule has 7 nitrogen and oxygen atoms in total. The molecule has 0 aliphatic heterocycles. The molecule has 0 atom stereocenters. The van der Waals surface area contributed by atoms with E-state index in [1.54, 1.807) is 39.5 Å². The number of hydrogen-bond donors (Lipinski definition) is 2. The number of hydrogen-bond acceptors (Lipinski definition) is 5. The minimum Gasteiger partial charge on any atom is -0.507 e. The van der Waals surface area contributed by atoms with Gasteiger partial charge in [-0.25, -0.2) is 0 Å². The van der Waals surface area contributed by atoms with Crippen molar-refractivity contribution in [3.8, 4) is 17.2 Å². The number of carbonyl (C=O) groups is 2. The Bertz CT molecular complexity index is 863. The monoisotopic (exact) mass is 370 g/mol. The quantitative estimate of drug-likeness (QED) is 0.578. The predicted octanol–water partition coefficient (Wildman–Crippen LogP) is 2.81. The first-order valence-corrected chi connectivity index (χ1v) is 8.12. The second-order valence-corrected chi connectivity index (χ2v) is 5.76. The van der Waals surface area contributed by atoms with Gasteiger partial charge in [0.05, 0.1) is 19.8 Å². The Labute approximate surface area is 157 Å². The molecule has 27 heavy (non-hydrogen) atoms. The zero-order chi connectivity index (χ0) is 20.0. The first-order chi connectivity index (χ1) is 12.9. The molecule has 2 rings (SSSR count). The van der Waals surface area contributed by atoms with E-state index in [4.69, 9.17) is 9.47 Å². The van der Waals surface area contributed by atoms with Gasteiger partial charge in [-0.2, -0.15) is 0 Å². The molecule has 0 spiro atoms.